The number of amides is 1. The van der Waals surface area contributed by atoms with Gasteiger partial charge in [0, 0.05) is 31.5 Å². The summed E-state index contributed by atoms with van der Waals surface area (Å²) in [4.78, 5) is 19.0. The van der Waals surface area contributed by atoms with Gasteiger partial charge in [0.2, 0.25) is 5.88 Å². The van der Waals surface area contributed by atoms with Crippen LogP contribution in [0.2, 0.25) is 0 Å². The summed E-state index contributed by atoms with van der Waals surface area (Å²) in [6.07, 6.45) is 3.30. The Balaban J connectivity index is 1.90. The molecule has 0 N–H and O–H groups in total. The molecule has 0 atom stereocenters. The monoisotopic (exact) mass is 388 g/mol. The van der Waals surface area contributed by atoms with Crippen LogP contribution in [0.25, 0.3) is 0 Å². The van der Waals surface area contributed by atoms with Gasteiger partial charge in [0.15, 0.2) is 0 Å². The average molecular weight is 388 g/mol. The minimum atomic E-state index is -0.366. The molecule has 6 nitrogen and oxygen atoms in total. The highest BCUT2D eigenvalue weighted by Crippen LogP contribution is 2.24. The van der Waals surface area contributed by atoms with Crippen LogP contribution >= 0.6 is 0 Å². The number of pyridine rings is 1. The molecule has 1 aliphatic rings. The predicted molar refractivity (Wildman–Crippen MR) is 102 cm³/mol. The smallest absolute Gasteiger partial charge is 0.259 e. The maximum Gasteiger partial charge on any atom is 0.259 e. The highest BCUT2D eigenvalue weighted by atomic mass is 19.1. The van der Waals surface area contributed by atoms with Gasteiger partial charge in [-0.05, 0) is 50.1 Å². The van der Waals surface area contributed by atoms with Gasteiger partial charge in [-0.15, -0.1) is 0 Å². The number of aromatic nitrogens is 1. The van der Waals surface area contributed by atoms with Crippen molar-refractivity contribution in [3.05, 3.63) is 53.5 Å². The van der Waals surface area contributed by atoms with Crippen LogP contribution in [0.5, 0.6) is 11.6 Å². The van der Waals surface area contributed by atoms with E-state index in [2.05, 4.69) is 4.98 Å². The summed E-state index contributed by atoms with van der Waals surface area (Å²) in [5, 5.41) is 0. The standard InChI is InChI=1S/C21H25FN2O4/c1-2-27-20-18(6-5-9-23-20)21(25)24-10-13-26-11-3-4-12-28-19-8-7-17(22)14-16(19)15-24/h5-9,14H,2-4,10-13,15H2,1H3. The maximum atomic E-state index is 13.9. The lowest BCUT2D eigenvalue weighted by Crippen LogP contribution is -2.34. The second kappa shape index (κ2) is 10.0. The molecule has 1 aromatic carbocycles. The molecule has 0 spiro atoms. The fourth-order valence-electron chi connectivity index (χ4n) is 3.01. The number of hydrogen-bond donors (Lipinski definition) is 0. The first-order valence-corrected chi connectivity index (χ1v) is 9.55. The zero-order chi connectivity index (χ0) is 19.8. The second-order valence-corrected chi connectivity index (χ2v) is 6.44. The van der Waals surface area contributed by atoms with E-state index in [0.29, 0.717) is 49.8 Å². The van der Waals surface area contributed by atoms with Crippen molar-refractivity contribution in [2.75, 3.05) is 33.0 Å². The summed E-state index contributed by atoms with van der Waals surface area (Å²) >= 11 is 0. The Morgan fingerprint density at radius 1 is 1.25 bits per heavy atom. The molecule has 2 heterocycles. The zero-order valence-electron chi connectivity index (χ0n) is 16.0. The number of rotatable bonds is 3. The van der Waals surface area contributed by atoms with Gasteiger partial charge in [0.25, 0.3) is 5.91 Å². The Labute approximate surface area is 164 Å². The first kappa shape index (κ1) is 20.1. The van der Waals surface area contributed by atoms with Crippen molar-refractivity contribution < 1.29 is 23.4 Å². The Hall–Kier alpha value is -2.67. The molecule has 150 valence electrons. The van der Waals surface area contributed by atoms with Gasteiger partial charge < -0.3 is 19.1 Å². The SMILES string of the molecule is CCOc1ncccc1C(=O)N1CCOCCCCOc2ccc(F)cc2C1. The number of nitrogens with zero attached hydrogens (tertiary/aromatic N) is 2. The highest BCUT2D eigenvalue weighted by Gasteiger charge is 2.22. The topological polar surface area (TPSA) is 60.9 Å². The summed E-state index contributed by atoms with van der Waals surface area (Å²) < 4.78 is 30.8. The average Bonchev–Trinajstić information content (AvgIpc) is 2.69. The van der Waals surface area contributed by atoms with Gasteiger partial charge in [0.05, 0.1) is 19.8 Å². The number of carbonyl (C=O) groups excluding carboxylic acids is 1. The minimum Gasteiger partial charge on any atom is -0.493 e. The van der Waals surface area contributed by atoms with Crippen molar-refractivity contribution in [1.82, 2.24) is 9.88 Å². The third-order valence-corrected chi connectivity index (χ3v) is 4.40. The second-order valence-electron chi connectivity index (χ2n) is 6.44. The Kier molecular flexibility index (Phi) is 7.19. The Bertz CT molecular complexity index is 800. The first-order chi connectivity index (χ1) is 13.7. The lowest BCUT2D eigenvalue weighted by Gasteiger charge is -2.25. The van der Waals surface area contributed by atoms with Gasteiger partial charge in [-0.3, -0.25) is 4.79 Å². The Morgan fingerprint density at radius 2 is 2.11 bits per heavy atom. The number of hydrogen-bond acceptors (Lipinski definition) is 5. The highest BCUT2D eigenvalue weighted by molar-refractivity contribution is 5.96. The quantitative estimate of drug-likeness (QED) is 0.806. The van der Waals surface area contributed by atoms with Crippen molar-refractivity contribution in [3.63, 3.8) is 0 Å². The number of benzene rings is 1. The van der Waals surface area contributed by atoms with E-state index in [0.717, 1.165) is 12.8 Å². The van der Waals surface area contributed by atoms with Crippen LogP contribution < -0.4 is 9.47 Å². The fraction of sp³-hybridized carbons (Fsp3) is 0.429. The van der Waals surface area contributed by atoms with Crippen LogP contribution in [0.1, 0.15) is 35.7 Å². The van der Waals surface area contributed by atoms with E-state index in [1.165, 1.54) is 12.1 Å². The minimum absolute atomic E-state index is 0.204. The summed E-state index contributed by atoms with van der Waals surface area (Å²) in [6.45, 7) is 4.35. The zero-order valence-corrected chi connectivity index (χ0v) is 16.0. The molecule has 0 bridgehead atoms. The molecular weight excluding hydrogens is 363 g/mol. The molecule has 28 heavy (non-hydrogen) atoms. The number of fused-ring (bicyclic) bond motifs is 1. The van der Waals surface area contributed by atoms with Crippen LogP contribution in [0, 0.1) is 5.82 Å². The molecule has 3 rings (SSSR count). The van der Waals surface area contributed by atoms with Crippen LogP contribution in [-0.2, 0) is 11.3 Å². The molecule has 1 aromatic heterocycles. The Morgan fingerprint density at radius 3 is 2.96 bits per heavy atom. The van der Waals surface area contributed by atoms with E-state index in [9.17, 15) is 9.18 Å². The lowest BCUT2D eigenvalue weighted by atomic mass is 10.1. The van der Waals surface area contributed by atoms with Gasteiger partial charge in [-0.2, -0.15) is 0 Å². The third kappa shape index (κ3) is 5.19. The molecular formula is C21H25FN2O4. The lowest BCUT2D eigenvalue weighted by molar-refractivity contribution is 0.0603. The number of carbonyl (C=O) groups is 1. The summed E-state index contributed by atoms with van der Waals surface area (Å²) in [7, 11) is 0. The van der Waals surface area contributed by atoms with Crippen molar-refractivity contribution in [2.24, 2.45) is 0 Å². The van der Waals surface area contributed by atoms with Gasteiger partial charge in [-0.25, -0.2) is 9.37 Å². The summed E-state index contributed by atoms with van der Waals surface area (Å²) in [5.41, 5.74) is 0.992. The van der Waals surface area contributed by atoms with Crippen molar-refractivity contribution in [3.8, 4) is 11.6 Å². The molecule has 1 amide bonds. The van der Waals surface area contributed by atoms with Crippen molar-refractivity contribution in [1.29, 1.82) is 0 Å². The molecule has 0 fully saturated rings. The van der Waals surface area contributed by atoms with Crippen LogP contribution in [0.4, 0.5) is 4.39 Å². The fourth-order valence-corrected chi connectivity index (χ4v) is 3.01. The van der Waals surface area contributed by atoms with Crippen LogP contribution in [0.3, 0.4) is 0 Å². The van der Waals surface area contributed by atoms with Crippen molar-refractivity contribution >= 4 is 5.91 Å². The van der Waals surface area contributed by atoms with Gasteiger partial charge in [-0.1, -0.05) is 0 Å². The molecule has 0 saturated heterocycles. The number of halogens is 1. The van der Waals surface area contributed by atoms with E-state index in [4.69, 9.17) is 14.2 Å². The van der Waals surface area contributed by atoms with E-state index >= 15 is 0 Å². The molecule has 7 heteroatoms. The molecule has 1 aliphatic heterocycles. The number of ether oxygens (including phenoxy) is 3. The van der Waals surface area contributed by atoms with E-state index in [1.54, 1.807) is 29.3 Å². The van der Waals surface area contributed by atoms with E-state index < -0.39 is 0 Å². The van der Waals surface area contributed by atoms with Crippen LogP contribution in [0.15, 0.2) is 36.5 Å². The van der Waals surface area contributed by atoms with Gasteiger partial charge in [0.1, 0.15) is 17.1 Å². The molecule has 0 aliphatic carbocycles. The van der Waals surface area contributed by atoms with E-state index in [1.807, 2.05) is 6.92 Å². The first-order valence-electron chi connectivity index (χ1n) is 9.55. The van der Waals surface area contributed by atoms with Gasteiger partial charge >= 0.3 is 0 Å². The largest absolute Gasteiger partial charge is 0.493 e. The third-order valence-electron chi connectivity index (χ3n) is 4.40. The molecule has 0 saturated carbocycles. The van der Waals surface area contributed by atoms with E-state index in [-0.39, 0.29) is 24.1 Å². The summed E-state index contributed by atoms with van der Waals surface area (Å²) in [6, 6.07) is 7.77. The van der Waals surface area contributed by atoms with Crippen LogP contribution in [-0.4, -0.2) is 48.8 Å². The predicted octanol–water partition coefficient (Wildman–Crippen LogP) is 3.45. The summed E-state index contributed by atoms with van der Waals surface area (Å²) in [5.74, 6) is 0.275. The maximum absolute atomic E-state index is 13.9. The molecule has 0 radical (unpaired) electrons. The van der Waals surface area contributed by atoms with Crippen molar-refractivity contribution in [2.45, 2.75) is 26.3 Å². The molecule has 0 unspecified atom stereocenters. The normalized spacial score (nSPS) is 15.6. The molecule has 2 aromatic rings.